The molecule has 0 bridgehead atoms. The minimum absolute atomic E-state index is 0.945. The van der Waals surface area contributed by atoms with E-state index >= 15 is 0 Å². The fourth-order valence-corrected chi connectivity index (χ4v) is 0.650. The summed E-state index contributed by atoms with van der Waals surface area (Å²) < 4.78 is 31.6. The van der Waals surface area contributed by atoms with E-state index in [0.717, 1.165) is 5.69 Å². The molecular formula is C7H12N2O4S. The topological polar surface area (TPSA) is 113 Å². The molecule has 0 saturated carbocycles. The van der Waals surface area contributed by atoms with Gasteiger partial charge in [-0.1, -0.05) is 17.7 Å². The van der Waals surface area contributed by atoms with Gasteiger partial charge in [0.1, 0.15) is 0 Å². The van der Waals surface area contributed by atoms with Crippen molar-refractivity contribution in [2.45, 2.75) is 6.92 Å². The van der Waals surface area contributed by atoms with E-state index in [1.807, 2.05) is 31.2 Å². The highest BCUT2D eigenvalue weighted by Crippen LogP contribution is 2.05. The highest BCUT2D eigenvalue weighted by Gasteiger charge is 1.85. The summed E-state index contributed by atoms with van der Waals surface area (Å²) in [4.78, 5) is 0. The maximum Gasteiger partial charge on any atom is 0.394 e. The highest BCUT2D eigenvalue weighted by atomic mass is 32.3. The molecule has 0 saturated heterocycles. The van der Waals surface area contributed by atoms with Crippen LogP contribution in [0.4, 0.5) is 5.69 Å². The molecule has 0 aliphatic rings. The van der Waals surface area contributed by atoms with Crippen LogP contribution in [0.25, 0.3) is 0 Å². The number of nitrogens with two attached hydrogens (primary N) is 1. The number of hydrogen-bond donors (Lipinski definition) is 4. The summed E-state index contributed by atoms with van der Waals surface area (Å²) in [5, 5.41) is 0. The normalized spacial score (nSPS) is 10.0. The van der Waals surface area contributed by atoms with Gasteiger partial charge in [0.25, 0.3) is 0 Å². The van der Waals surface area contributed by atoms with Crippen LogP contribution < -0.4 is 11.3 Å². The maximum atomic E-state index is 8.74. The van der Waals surface area contributed by atoms with Crippen molar-refractivity contribution >= 4 is 16.1 Å². The fraction of sp³-hybridized carbons (Fsp3) is 0.143. The van der Waals surface area contributed by atoms with E-state index in [1.165, 1.54) is 5.56 Å². The minimum Gasteiger partial charge on any atom is -0.324 e. The Bertz CT molecular complexity index is 352. The van der Waals surface area contributed by atoms with Crippen LogP contribution in [-0.2, 0) is 10.4 Å². The first kappa shape index (κ1) is 12.8. The molecule has 7 heteroatoms. The van der Waals surface area contributed by atoms with Crippen LogP contribution in [0.1, 0.15) is 5.56 Å². The van der Waals surface area contributed by atoms with Crippen LogP contribution in [-0.4, -0.2) is 17.5 Å². The Morgan fingerprint density at radius 2 is 1.57 bits per heavy atom. The van der Waals surface area contributed by atoms with Gasteiger partial charge in [0, 0.05) is 5.69 Å². The van der Waals surface area contributed by atoms with E-state index in [-0.39, 0.29) is 0 Å². The molecule has 0 fully saturated rings. The predicted octanol–water partition coefficient (Wildman–Crippen LogP) is 0.628. The molecule has 0 aliphatic heterocycles. The Balaban J connectivity index is 0.000000292. The summed E-state index contributed by atoms with van der Waals surface area (Å²) in [5.41, 5.74) is 4.74. The average Bonchev–Trinajstić information content (AvgIpc) is 2.03. The van der Waals surface area contributed by atoms with Crippen molar-refractivity contribution in [3.05, 3.63) is 29.8 Å². The van der Waals surface area contributed by atoms with E-state index in [4.69, 9.17) is 23.4 Å². The minimum atomic E-state index is -4.67. The highest BCUT2D eigenvalue weighted by molar-refractivity contribution is 7.79. The standard InChI is InChI=1S/C7H10N2.H2O4S/c1-6-2-4-7(9-8)5-3-6;1-5(2,3)4/h2-5,9H,8H2,1H3;(H2,1,2,3,4). The van der Waals surface area contributed by atoms with E-state index in [1.54, 1.807) is 0 Å². The van der Waals surface area contributed by atoms with Gasteiger partial charge >= 0.3 is 10.4 Å². The van der Waals surface area contributed by atoms with Crippen LogP contribution in [0.15, 0.2) is 24.3 Å². The third-order valence-corrected chi connectivity index (χ3v) is 1.22. The monoisotopic (exact) mass is 220 g/mol. The molecule has 0 atom stereocenters. The summed E-state index contributed by atoms with van der Waals surface area (Å²) in [6.45, 7) is 2.04. The van der Waals surface area contributed by atoms with Crippen LogP contribution in [0.2, 0.25) is 0 Å². The SMILES string of the molecule is Cc1ccc(NN)cc1.O=S(=O)(O)O. The van der Waals surface area contributed by atoms with E-state index in [9.17, 15) is 0 Å². The lowest BCUT2D eigenvalue weighted by atomic mass is 10.2. The van der Waals surface area contributed by atoms with Crippen molar-refractivity contribution in [1.29, 1.82) is 0 Å². The largest absolute Gasteiger partial charge is 0.394 e. The number of nitrogens with one attached hydrogen (secondary N) is 1. The number of hydrazine groups is 1. The molecular weight excluding hydrogens is 208 g/mol. The van der Waals surface area contributed by atoms with Crippen LogP contribution in [0.5, 0.6) is 0 Å². The number of anilines is 1. The molecule has 0 unspecified atom stereocenters. The Kier molecular flexibility index (Phi) is 5.10. The van der Waals surface area contributed by atoms with Gasteiger partial charge in [-0.15, -0.1) is 0 Å². The average molecular weight is 220 g/mol. The number of rotatable bonds is 1. The maximum absolute atomic E-state index is 8.74. The third-order valence-electron chi connectivity index (χ3n) is 1.22. The number of aryl methyl sites for hydroxylation is 1. The number of nitrogen functional groups attached to an aromatic ring is 1. The predicted molar refractivity (Wildman–Crippen MR) is 53.2 cm³/mol. The van der Waals surface area contributed by atoms with Crippen LogP contribution >= 0.6 is 0 Å². The van der Waals surface area contributed by atoms with E-state index in [2.05, 4.69) is 5.43 Å². The van der Waals surface area contributed by atoms with Crippen LogP contribution in [0, 0.1) is 6.92 Å². The second kappa shape index (κ2) is 5.55. The van der Waals surface area contributed by atoms with Gasteiger partial charge in [-0.05, 0) is 19.1 Å². The molecule has 0 amide bonds. The summed E-state index contributed by atoms with van der Waals surface area (Å²) in [6, 6.07) is 7.90. The van der Waals surface area contributed by atoms with Crippen molar-refractivity contribution in [3.8, 4) is 0 Å². The Morgan fingerprint density at radius 3 is 1.86 bits per heavy atom. The lowest BCUT2D eigenvalue weighted by molar-refractivity contribution is 0.381. The van der Waals surface area contributed by atoms with Crippen LogP contribution in [0.3, 0.4) is 0 Å². The zero-order valence-corrected chi connectivity index (χ0v) is 8.32. The van der Waals surface area contributed by atoms with Crippen molar-refractivity contribution < 1.29 is 17.5 Å². The summed E-state index contributed by atoms with van der Waals surface area (Å²) in [7, 11) is -4.67. The van der Waals surface area contributed by atoms with Gasteiger partial charge < -0.3 is 5.43 Å². The van der Waals surface area contributed by atoms with E-state index in [0.29, 0.717) is 0 Å². The van der Waals surface area contributed by atoms with Crippen molar-refractivity contribution in [1.82, 2.24) is 0 Å². The number of benzene rings is 1. The van der Waals surface area contributed by atoms with Gasteiger partial charge in [0.05, 0.1) is 0 Å². The zero-order valence-electron chi connectivity index (χ0n) is 7.51. The quantitative estimate of drug-likeness (QED) is 0.313. The lowest BCUT2D eigenvalue weighted by Crippen LogP contribution is -2.05. The molecule has 1 aromatic carbocycles. The molecule has 1 aromatic rings. The molecule has 0 radical (unpaired) electrons. The smallest absolute Gasteiger partial charge is 0.324 e. The molecule has 14 heavy (non-hydrogen) atoms. The second-order valence-electron chi connectivity index (χ2n) is 2.46. The Labute approximate surface area is 82.3 Å². The van der Waals surface area contributed by atoms with Gasteiger partial charge in [0.15, 0.2) is 0 Å². The molecule has 5 N–H and O–H groups in total. The number of hydrogen-bond acceptors (Lipinski definition) is 4. The van der Waals surface area contributed by atoms with Gasteiger partial charge in [-0.2, -0.15) is 8.42 Å². The first-order valence-corrected chi connectivity index (χ1v) is 4.96. The van der Waals surface area contributed by atoms with Gasteiger partial charge in [-0.3, -0.25) is 14.9 Å². The fourth-order valence-electron chi connectivity index (χ4n) is 0.650. The molecule has 6 nitrogen and oxygen atoms in total. The first-order valence-electron chi connectivity index (χ1n) is 3.56. The molecule has 1 rings (SSSR count). The molecule has 0 heterocycles. The Hall–Kier alpha value is -1.15. The molecule has 0 aliphatic carbocycles. The zero-order chi connectivity index (χ0) is 11.2. The summed E-state index contributed by atoms with van der Waals surface area (Å²) in [5.74, 6) is 5.15. The van der Waals surface area contributed by atoms with Gasteiger partial charge in [-0.25, -0.2) is 0 Å². The first-order chi connectivity index (χ1) is 6.33. The summed E-state index contributed by atoms with van der Waals surface area (Å²) >= 11 is 0. The lowest BCUT2D eigenvalue weighted by Gasteiger charge is -1.97. The van der Waals surface area contributed by atoms with E-state index < -0.39 is 10.4 Å². The van der Waals surface area contributed by atoms with Crippen molar-refractivity contribution in [3.63, 3.8) is 0 Å². The summed E-state index contributed by atoms with van der Waals surface area (Å²) in [6.07, 6.45) is 0. The molecule has 80 valence electrons. The third kappa shape index (κ3) is 8.94. The van der Waals surface area contributed by atoms with Crippen molar-refractivity contribution in [2.75, 3.05) is 5.43 Å². The second-order valence-corrected chi connectivity index (χ2v) is 3.35. The molecule has 0 spiro atoms. The Morgan fingerprint density at radius 1 is 1.21 bits per heavy atom. The molecule has 0 aromatic heterocycles. The van der Waals surface area contributed by atoms with Gasteiger partial charge in [0.2, 0.25) is 0 Å². The van der Waals surface area contributed by atoms with Crippen molar-refractivity contribution in [2.24, 2.45) is 5.84 Å².